The Hall–Kier alpha value is -3.07. The number of carbonyl (C=O) groups excluding carboxylic acids is 2. The standard InChI is InChI=1S/C21H24N2O6S/c1-4-28-21(25)15-10-9-14(2)16(13-15)22-20(24)19-11-12-23(30(3,26)27)17-7-5-6-8-18(17)29-19/h5-10,13,19H,4,11-12H2,1-3H3,(H,22,24)/t19-/m1/s1. The molecule has 0 unspecified atom stereocenters. The van der Waals surface area contributed by atoms with E-state index in [9.17, 15) is 18.0 Å². The van der Waals surface area contributed by atoms with E-state index in [-0.39, 0.29) is 19.6 Å². The van der Waals surface area contributed by atoms with Crippen LogP contribution in [0.1, 0.15) is 29.3 Å². The van der Waals surface area contributed by atoms with Gasteiger partial charge in [0.1, 0.15) is 5.75 Å². The number of sulfonamides is 1. The molecule has 1 heterocycles. The van der Waals surface area contributed by atoms with E-state index in [4.69, 9.17) is 9.47 Å². The molecule has 8 nitrogen and oxygen atoms in total. The van der Waals surface area contributed by atoms with Crippen molar-refractivity contribution in [2.75, 3.05) is 29.0 Å². The zero-order valence-corrected chi connectivity index (χ0v) is 17.9. The number of anilines is 2. The summed E-state index contributed by atoms with van der Waals surface area (Å²) in [5, 5.41) is 2.79. The molecule has 0 saturated carbocycles. The molecule has 0 aliphatic carbocycles. The summed E-state index contributed by atoms with van der Waals surface area (Å²) in [6.45, 7) is 3.88. The number of esters is 1. The van der Waals surface area contributed by atoms with Gasteiger partial charge in [-0.3, -0.25) is 9.10 Å². The van der Waals surface area contributed by atoms with Crippen molar-refractivity contribution < 1.29 is 27.5 Å². The molecular weight excluding hydrogens is 408 g/mol. The Labute approximate surface area is 175 Å². The number of hydrogen-bond acceptors (Lipinski definition) is 6. The molecule has 9 heteroatoms. The van der Waals surface area contributed by atoms with Crippen LogP contribution in [0.4, 0.5) is 11.4 Å². The molecule has 0 fully saturated rings. The summed E-state index contributed by atoms with van der Waals surface area (Å²) in [4.78, 5) is 24.9. The molecule has 0 radical (unpaired) electrons. The third-order valence-corrected chi connectivity index (χ3v) is 5.88. The first-order valence-electron chi connectivity index (χ1n) is 9.52. The highest BCUT2D eigenvalue weighted by Gasteiger charge is 2.31. The maximum Gasteiger partial charge on any atom is 0.338 e. The smallest absolute Gasteiger partial charge is 0.338 e. The van der Waals surface area contributed by atoms with Gasteiger partial charge in [0.15, 0.2) is 6.10 Å². The summed E-state index contributed by atoms with van der Waals surface area (Å²) in [5.41, 5.74) is 1.96. The number of fused-ring (bicyclic) bond motifs is 1. The monoisotopic (exact) mass is 432 g/mol. The van der Waals surface area contributed by atoms with Crippen LogP contribution in [0, 0.1) is 6.92 Å². The predicted octanol–water partition coefficient (Wildman–Crippen LogP) is 2.73. The van der Waals surface area contributed by atoms with Crippen molar-refractivity contribution in [3.8, 4) is 5.75 Å². The number of nitrogens with one attached hydrogen (secondary N) is 1. The average molecular weight is 432 g/mol. The minimum absolute atomic E-state index is 0.107. The third-order valence-electron chi connectivity index (χ3n) is 4.70. The largest absolute Gasteiger partial charge is 0.478 e. The molecule has 1 N–H and O–H groups in total. The van der Waals surface area contributed by atoms with Gasteiger partial charge < -0.3 is 14.8 Å². The van der Waals surface area contributed by atoms with Crippen LogP contribution in [0.15, 0.2) is 42.5 Å². The Bertz CT molecular complexity index is 1070. The van der Waals surface area contributed by atoms with Crippen LogP contribution < -0.4 is 14.4 Å². The van der Waals surface area contributed by atoms with Crippen LogP contribution in [-0.2, 0) is 19.6 Å². The van der Waals surface area contributed by atoms with Gasteiger partial charge in [-0.1, -0.05) is 18.2 Å². The first-order chi connectivity index (χ1) is 14.2. The van der Waals surface area contributed by atoms with Gasteiger partial charge in [-0.15, -0.1) is 0 Å². The zero-order chi connectivity index (χ0) is 21.9. The second kappa shape index (κ2) is 8.74. The molecule has 0 saturated heterocycles. The van der Waals surface area contributed by atoms with Crippen LogP contribution >= 0.6 is 0 Å². The molecule has 0 aromatic heterocycles. The second-order valence-corrected chi connectivity index (χ2v) is 8.84. The second-order valence-electron chi connectivity index (χ2n) is 6.94. The summed E-state index contributed by atoms with van der Waals surface area (Å²) in [5.74, 6) is -0.585. The lowest BCUT2D eigenvalue weighted by atomic mass is 10.1. The predicted molar refractivity (Wildman–Crippen MR) is 113 cm³/mol. The number of para-hydroxylation sites is 2. The summed E-state index contributed by atoms with van der Waals surface area (Å²) < 4.78 is 36.5. The van der Waals surface area contributed by atoms with Crippen molar-refractivity contribution in [1.29, 1.82) is 0 Å². The highest BCUT2D eigenvalue weighted by Crippen LogP contribution is 2.34. The Morgan fingerprint density at radius 2 is 1.97 bits per heavy atom. The first kappa shape index (κ1) is 21.6. The van der Waals surface area contributed by atoms with Gasteiger partial charge in [0.25, 0.3) is 5.91 Å². The van der Waals surface area contributed by atoms with E-state index in [1.54, 1.807) is 56.3 Å². The molecule has 30 heavy (non-hydrogen) atoms. The highest BCUT2D eigenvalue weighted by molar-refractivity contribution is 7.92. The number of amides is 1. The molecule has 2 aromatic rings. The number of aryl methyl sites for hydroxylation is 1. The van der Waals surface area contributed by atoms with Crippen molar-refractivity contribution in [3.63, 3.8) is 0 Å². The average Bonchev–Trinajstić information content (AvgIpc) is 2.89. The number of rotatable bonds is 5. The fourth-order valence-corrected chi connectivity index (χ4v) is 4.12. The van der Waals surface area contributed by atoms with Gasteiger partial charge in [-0.05, 0) is 43.7 Å². The lowest BCUT2D eigenvalue weighted by Crippen LogP contribution is -2.36. The van der Waals surface area contributed by atoms with Crippen LogP contribution in [0.2, 0.25) is 0 Å². The molecule has 1 aliphatic rings. The number of benzene rings is 2. The first-order valence-corrected chi connectivity index (χ1v) is 11.4. The molecule has 160 valence electrons. The normalized spacial score (nSPS) is 16.1. The lowest BCUT2D eigenvalue weighted by Gasteiger charge is -2.20. The third kappa shape index (κ3) is 4.73. The summed E-state index contributed by atoms with van der Waals surface area (Å²) >= 11 is 0. The Morgan fingerprint density at radius 3 is 2.67 bits per heavy atom. The van der Waals surface area contributed by atoms with E-state index in [2.05, 4.69) is 5.32 Å². The number of ether oxygens (including phenoxy) is 2. The minimum Gasteiger partial charge on any atom is -0.478 e. The summed E-state index contributed by atoms with van der Waals surface area (Å²) in [6.07, 6.45) is 0.391. The molecule has 1 atom stereocenters. The van der Waals surface area contributed by atoms with E-state index in [0.717, 1.165) is 11.8 Å². The van der Waals surface area contributed by atoms with Crippen LogP contribution in [0.3, 0.4) is 0 Å². The molecule has 1 amide bonds. The molecule has 0 bridgehead atoms. The Balaban J connectivity index is 1.83. The van der Waals surface area contributed by atoms with Crippen molar-refractivity contribution in [1.82, 2.24) is 0 Å². The number of hydrogen-bond donors (Lipinski definition) is 1. The molecule has 0 spiro atoms. The maximum absolute atomic E-state index is 12.9. The molecule has 3 rings (SSSR count). The zero-order valence-electron chi connectivity index (χ0n) is 17.0. The van der Waals surface area contributed by atoms with E-state index < -0.39 is 28.0 Å². The lowest BCUT2D eigenvalue weighted by molar-refractivity contribution is -0.122. The van der Waals surface area contributed by atoms with Gasteiger partial charge in [-0.2, -0.15) is 0 Å². The quantitative estimate of drug-likeness (QED) is 0.729. The van der Waals surface area contributed by atoms with Gasteiger partial charge in [-0.25, -0.2) is 13.2 Å². The van der Waals surface area contributed by atoms with Gasteiger partial charge in [0.05, 0.1) is 24.1 Å². The molecule has 2 aromatic carbocycles. The van der Waals surface area contributed by atoms with Crippen molar-refractivity contribution >= 4 is 33.3 Å². The molecular formula is C21H24N2O6S. The van der Waals surface area contributed by atoms with Crippen molar-refractivity contribution in [3.05, 3.63) is 53.6 Å². The maximum atomic E-state index is 12.9. The van der Waals surface area contributed by atoms with Crippen LogP contribution in [0.25, 0.3) is 0 Å². The summed E-state index contributed by atoms with van der Waals surface area (Å²) in [6, 6.07) is 11.6. The Kier molecular flexibility index (Phi) is 6.31. The SMILES string of the molecule is CCOC(=O)c1ccc(C)c(NC(=O)[C@H]2CCN(S(C)(=O)=O)c3ccccc3O2)c1. The van der Waals surface area contributed by atoms with Gasteiger partial charge in [0.2, 0.25) is 10.0 Å². The van der Waals surface area contributed by atoms with E-state index in [0.29, 0.717) is 22.7 Å². The van der Waals surface area contributed by atoms with Crippen molar-refractivity contribution in [2.24, 2.45) is 0 Å². The Morgan fingerprint density at radius 1 is 1.23 bits per heavy atom. The summed E-state index contributed by atoms with van der Waals surface area (Å²) in [7, 11) is -3.53. The van der Waals surface area contributed by atoms with E-state index in [1.165, 1.54) is 4.31 Å². The fourth-order valence-electron chi connectivity index (χ4n) is 3.17. The highest BCUT2D eigenvalue weighted by atomic mass is 32.2. The van der Waals surface area contributed by atoms with Gasteiger partial charge >= 0.3 is 5.97 Å². The van der Waals surface area contributed by atoms with Gasteiger partial charge in [0, 0.05) is 18.7 Å². The topological polar surface area (TPSA) is 102 Å². The molecule has 1 aliphatic heterocycles. The van der Waals surface area contributed by atoms with Crippen molar-refractivity contribution in [2.45, 2.75) is 26.4 Å². The number of nitrogens with zero attached hydrogens (tertiary/aromatic N) is 1. The van der Waals surface area contributed by atoms with Crippen LogP contribution in [-0.4, -0.2) is 45.8 Å². The van der Waals surface area contributed by atoms with E-state index >= 15 is 0 Å². The van der Waals surface area contributed by atoms with Crippen LogP contribution in [0.5, 0.6) is 5.75 Å². The van der Waals surface area contributed by atoms with E-state index in [1.807, 2.05) is 0 Å². The minimum atomic E-state index is -3.53. The number of carbonyl (C=O) groups is 2. The fraction of sp³-hybridized carbons (Fsp3) is 0.333.